The van der Waals surface area contributed by atoms with E-state index in [2.05, 4.69) is 36.2 Å². The highest BCUT2D eigenvalue weighted by Crippen LogP contribution is 2.39. The molecule has 1 N–H and O–H groups in total. The summed E-state index contributed by atoms with van der Waals surface area (Å²) in [6.07, 6.45) is 3.49. The van der Waals surface area contributed by atoms with Crippen LogP contribution in [-0.2, 0) is 11.3 Å². The van der Waals surface area contributed by atoms with E-state index in [0.717, 1.165) is 29.1 Å². The second-order valence-electron chi connectivity index (χ2n) is 6.98. The largest absolute Gasteiger partial charge is 0.483 e. The van der Waals surface area contributed by atoms with Crippen molar-refractivity contribution in [1.82, 2.24) is 15.1 Å². The molecule has 1 aliphatic rings. The van der Waals surface area contributed by atoms with E-state index in [4.69, 9.17) is 4.74 Å². The number of hydrogen-bond acceptors (Lipinski definition) is 3. The van der Waals surface area contributed by atoms with E-state index in [-0.39, 0.29) is 12.5 Å². The Morgan fingerprint density at radius 3 is 2.88 bits per heavy atom. The molecule has 0 unspecified atom stereocenters. The van der Waals surface area contributed by atoms with E-state index < -0.39 is 0 Å². The number of H-pyrrole nitrogens is 1. The smallest absolute Gasteiger partial charge is 0.260 e. The molecule has 0 saturated heterocycles. The summed E-state index contributed by atoms with van der Waals surface area (Å²) in [6.45, 7) is 4.90. The Labute approximate surface area is 149 Å². The second-order valence-corrected chi connectivity index (χ2v) is 6.98. The molecule has 1 heterocycles. The lowest BCUT2D eigenvalue weighted by molar-refractivity contribution is -0.132. The summed E-state index contributed by atoms with van der Waals surface area (Å²) in [4.78, 5) is 14.1. The van der Waals surface area contributed by atoms with Crippen LogP contribution in [0.4, 0.5) is 0 Å². The highest BCUT2D eigenvalue weighted by Gasteiger charge is 2.26. The van der Waals surface area contributed by atoms with Gasteiger partial charge < -0.3 is 9.64 Å². The van der Waals surface area contributed by atoms with Crippen molar-refractivity contribution < 1.29 is 9.53 Å². The molecule has 1 aliphatic carbocycles. The average Bonchev–Trinajstić information content (AvgIpc) is 3.38. The van der Waals surface area contributed by atoms with Gasteiger partial charge in [0.05, 0.1) is 17.9 Å². The van der Waals surface area contributed by atoms with Crippen molar-refractivity contribution in [3.63, 3.8) is 0 Å². The maximum atomic E-state index is 12.4. The number of amides is 1. The average molecular weight is 341 g/mol. The number of ether oxygens (including phenoxy) is 1. The maximum absolute atomic E-state index is 12.4. The molecule has 5 heteroatoms. The number of hydrogen-bond donors (Lipinski definition) is 1. The molecule has 1 aromatic heterocycles. The van der Waals surface area contributed by atoms with Gasteiger partial charge in [0.15, 0.2) is 6.61 Å². The fourth-order valence-corrected chi connectivity index (χ4v) is 2.88. The minimum Gasteiger partial charge on any atom is -0.483 e. The lowest BCUT2D eigenvalue weighted by Gasteiger charge is -2.19. The summed E-state index contributed by atoms with van der Waals surface area (Å²) in [7, 11) is 1.80. The van der Waals surface area contributed by atoms with Crippen molar-refractivity contribution in [2.24, 2.45) is 0 Å². The second kappa shape index (κ2) is 7.72. The minimum absolute atomic E-state index is 0.0403. The SMILES string of the molecule is CC[C@H](C)c1ccccc1OCC(=O)N(C)Cc1cc(C2CC2)n[nH]1. The number of carbonyl (C=O) groups is 1. The number of nitrogens with zero attached hydrogens (tertiary/aromatic N) is 2. The van der Waals surface area contributed by atoms with Gasteiger partial charge in [0, 0.05) is 13.0 Å². The first-order chi connectivity index (χ1) is 12.1. The highest BCUT2D eigenvalue weighted by molar-refractivity contribution is 5.77. The molecular weight excluding hydrogens is 314 g/mol. The van der Waals surface area contributed by atoms with E-state index >= 15 is 0 Å². The summed E-state index contributed by atoms with van der Waals surface area (Å²) < 4.78 is 5.82. The van der Waals surface area contributed by atoms with Gasteiger partial charge in [-0.15, -0.1) is 0 Å². The van der Waals surface area contributed by atoms with Crippen LogP contribution >= 0.6 is 0 Å². The zero-order chi connectivity index (χ0) is 17.8. The van der Waals surface area contributed by atoms with E-state index in [0.29, 0.717) is 18.4 Å². The molecule has 5 nitrogen and oxygen atoms in total. The fourth-order valence-electron chi connectivity index (χ4n) is 2.88. The predicted octanol–water partition coefficient (Wildman–Crippen LogP) is 3.84. The molecule has 1 saturated carbocycles. The number of carbonyl (C=O) groups excluding carboxylic acids is 1. The van der Waals surface area contributed by atoms with Crippen LogP contribution in [0.1, 0.15) is 61.9 Å². The zero-order valence-corrected chi connectivity index (χ0v) is 15.3. The highest BCUT2D eigenvalue weighted by atomic mass is 16.5. The first kappa shape index (κ1) is 17.5. The standard InChI is InChI=1S/C20H27N3O2/c1-4-14(2)17-7-5-6-8-19(17)25-13-20(24)23(3)12-16-11-18(22-21-16)15-9-10-15/h5-8,11,14-15H,4,9-10,12-13H2,1-3H3,(H,21,22)/t14-/m0/s1. The zero-order valence-electron chi connectivity index (χ0n) is 15.3. The first-order valence-electron chi connectivity index (χ1n) is 9.08. The number of para-hydroxylation sites is 1. The maximum Gasteiger partial charge on any atom is 0.260 e. The van der Waals surface area contributed by atoms with Crippen LogP contribution < -0.4 is 4.74 Å². The number of aromatic nitrogens is 2. The lowest BCUT2D eigenvalue weighted by atomic mass is 9.98. The molecule has 0 bridgehead atoms. The molecule has 0 radical (unpaired) electrons. The monoisotopic (exact) mass is 341 g/mol. The van der Waals surface area contributed by atoms with Gasteiger partial charge in [0.25, 0.3) is 5.91 Å². The number of benzene rings is 1. The van der Waals surface area contributed by atoms with Crippen LogP contribution in [0.2, 0.25) is 0 Å². The molecule has 0 spiro atoms. The van der Waals surface area contributed by atoms with Gasteiger partial charge in [0.1, 0.15) is 5.75 Å². The van der Waals surface area contributed by atoms with Gasteiger partial charge in [-0.05, 0) is 42.9 Å². The van der Waals surface area contributed by atoms with Gasteiger partial charge in [-0.3, -0.25) is 9.89 Å². The van der Waals surface area contributed by atoms with Crippen LogP contribution in [0, 0.1) is 0 Å². The molecule has 2 aromatic rings. The molecule has 134 valence electrons. The molecule has 25 heavy (non-hydrogen) atoms. The van der Waals surface area contributed by atoms with Crippen LogP contribution in [-0.4, -0.2) is 34.7 Å². The fraction of sp³-hybridized carbons (Fsp3) is 0.500. The Morgan fingerprint density at radius 1 is 1.40 bits per heavy atom. The van der Waals surface area contributed by atoms with E-state index in [1.807, 2.05) is 18.2 Å². The Bertz CT molecular complexity index is 721. The Balaban J connectivity index is 1.54. The topological polar surface area (TPSA) is 58.2 Å². The van der Waals surface area contributed by atoms with Crippen molar-refractivity contribution in [3.05, 3.63) is 47.3 Å². The molecule has 1 fully saturated rings. The Kier molecular flexibility index (Phi) is 5.41. The van der Waals surface area contributed by atoms with E-state index in [1.54, 1.807) is 11.9 Å². The summed E-state index contributed by atoms with van der Waals surface area (Å²) in [5, 5.41) is 7.36. The van der Waals surface area contributed by atoms with Crippen LogP contribution in [0.25, 0.3) is 0 Å². The van der Waals surface area contributed by atoms with Crippen molar-refractivity contribution >= 4 is 5.91 Å². The summed E-state index contributed by atoms with van der Waals surface area (Å²) in [6, 6.07) is 10.0. The number of aromatic amines is 1. The first-order valence-corrected chi connectivity index (χ1v) is 9.08. The minimum atomic E-state index is -0.0403. The summed E-state index contributed by atoms with van der Waals surface area (Å²) in [5.41, 5.74) is 3.25. The van der Waals surface area contributed by atoms with Crippen molar-refractivity contribution in [3.8, 4) is 5.75 Å². The van der Waals surface area contributed by atoms with Crippen molar-refractivity contribution in [2.45, 2.75) is 51.5 Å². The van der Waals surface area contributed by atoms with Gasteiger partial charge in [-0.1, -0.05) is 32.0 Å². The normalized spacial score (nSPS) is 15.0. The third-order valence-electron chi connectivity index (χ3n) is 4.89. The molecular formula is C20H27N3O2. The molecule has 3 rings (SSSR count). The number of nitrogens with one attached hydrogen (secondary N) is 1. The molecule has 1 aromatic carbocycles. The van der Waals surface area contributed by atoms with Crippen molar-refractivity contribution in [2.75, 3.05) is 13.7 Å². The Morgan fingerprint density at radius 2 is 2.16 bits per heavy atom. The third kappa shape index (κ3) is 4.41. The lowest BCUT2D eigenvalue weighted by Crippen LogP contribution is -2.31. The van der Waals surface area contributed by atoms with Gasteiger partial charge in [-0.2, -0.15) is 5.10 Å². The third-order valence-corrected chi connectivity index (χ3v) is 4.89. The quantitative estimate of drug-likeness (QED) is 0.794. The van der Waals surface area contributed by atoms with Crippen LogP contribution in [0.3, 0.4) is 0 Å². The number of likely N-dealkylation sites (N-methyl/N-ethyl adjacent to an activating group) is 1. The Hall–Kier alpha value is -2.30. The molecule has 1 amide bonds. The van der Waals surface area contributed by atoms with Gasteiger partial charge >= 0.3 is 0 Å². The van der Waals surface area contributed by atoms with Crippen LogP contribution in [0.15, 0.2) is 30.3 Å². The molecule has 0 aliphatic heterocycles. The van der Waals surface area contributed by atoms with Crippen molar-refractivity contribution in [1.29, 1.82) is 0 Å². The molecule has 1 atom stereocenters. The van der Waals surface area contributed by atoms with Crippen LogP contribution in [0.5, 0.6) is 5.75 Å². The van der Waals surface area contributed by atoms with Gasteiger partial charge in [-0.25, -0.2) is 0 Å². The predicted molar refractivity (Wildman–Crippen MR) is 97.7 cm³/mol. The van der Waals surface area contributed by atoms with E-state index in [9.17, 15) is 4.79 Å². The van der Waals surface area contributed by atoms with Gasteiger partial charge in [0.2, 0.25) is 0 Å². The summed E-state index contributed by atoms with van der Waals surface area (Å²) >= 11 is 0. The summed E-state index contributed by atoms with van der Waals surface area (Å²) in [5.74, 6) is 1.79. The number of rotatable bonds is 8. The van der Waals surface area contributed by atoms with E-state index in [1.165, 1.54) is 12.8 Å².